The molecule has 0 saturated heterocycles. The predicted octanol–water partition coefficient (Wildman–Crippen LogP) is 6.31. The van der Waals surface area contributed by atoms with E-state index >= 15 is 0 Å². The number of rotatable bonds is 7. The number of benzene rings is 3. The van der Waals surface area contributed by atoms with Crippen molar-refractivity contribution in [2.75, 3.05) is 12.4 Å². The van der Waals surface area contributed by atoms with Crippen LogP contribution in [0.1, 0.15) is 22.3 Å². The van der Waals surface area contributed by atoms with E-state index in [-0.39, 0.29) is 5.91 Å². The molecule has 1 amide bonds. The molecule has 3 rings (SSSR count). The van der Waals surface area contributed by atoms with Crippen LogP contribution in [0, 0.1) is 13.8 Å². The minimum absolute atomic E-state index is 0.197. The minimum atomic E-state index is -0.197. The minimum Gasteiger partial charge on any atom is -0.493 e. The molecule has 0 radical (unpaired) electrons. The molecule has 30 heavy (non-hydrogen) atoms. The van der Waals surface area contributed by atoms with Crippen molar-refractivity contribution in [2.45, 2.75) is 20.5 Å². The number of amides is 1. The number of carbonyl (C=O) groups excluding carboxylic acids is 1. The van der Waals surface area contributed by atoms with Crippen molar-refractivity contribution in [1.29, 1.82) is 0 Å². The summed E-state index contributed by atoms with van der Waals surface area (Å²) in [5, 5.41) is 2.88. The van der Waals surface area contributed by atoms with Crippen LogP contribution in [0.5, 0.6) is 11.5 Å². The van der Waals surface area contributed by atoms with Crippen molar-refractivity contribution < 1.29 is 14.3 Å². The first-order valence-electron chi connectivity index (χ1n) is 9.57. The van der Waals surface area contributed by atoms with Crippen LogP contribution < -0.4 is 14.8 Å². The van der Waals surface area contributed by atoms with Crippen LogP contribution in [0.3, 0.4) is 0 Å². The van der Waals surface area contributed by atoms with Gasteiger partial charge < -0.3 is 14.8 Å². The first-order valence-corrected chi connectivity index (χ1v) is 10.4. The lowest BCUT2D eigenvalue weighted by atomic mass is 10.1. The number of carbonyl (C=O) groups is 1. The third kappa shape index (κ3) is 5.74. The van der Waals surface area contributed by atoms with Gasteiger partial charge in [-0.3, -0.25) is 4.79 Å². The Morgan fingerprint density at radius 3 is 2.50 bits per heavy atom. The second-order valence-electron chi connectivity index (χ2n) is 6.93. The second-order valence-corrected chi connectivity index (χ2v) is 7.78. The van der Waals surface area contributed by atoms with Crippen LogP contribution in [0.15, 0.2) is 71.2 Å². The molecule has 4 nitrogen and oxygen atoms in total. The number of aryl methyl sites for hydroxylation is 2. The van der Waals surface area contributed by atoms with E-state index in [1.54, 1.807) is 13.2 Å². The van der Waals surface area contributed by atoms with Gasteiger partial charge in [0.1, 0.15) is 6.61 Å². The number of halogens is 1. The average Bonchev–Trinajstić information content (AvgIpc) is 2.74. The molecular formula is C25H24BrNO3. The Hall–Kier alpha value is -3.05. The van der Waals surface area contributed by atoms with Crippen LogP contribution in [0.2, 0.25) is 0 Å². The molecule has 0 unspecified atom stereocenters. The highest BCUT2D eigenvalue weighted by molar-refractivity contribution is 9.10. The molecule has 0 aromatic heterocycles. The largest absolute Gasteiger partial charge is 0.493 e. The van der Waals surface area contributed by atoms with E-state index in [0.717, 1.165) is 26.9 Å². The van der Waals surface area contributed by atoms with Gasteiger partial charge >= 0.3 is 0 Å². The van der Waals surface area contributed by atoms with Gasteiger partial charge in [-0.25, -0.2) is 0 Å². The number of ether oxygens (including phenoxy) is 2. The van der Waals surface area contributed by atoms with Crippen LogP contribution >= 0.6 is 15.9 Å². The van der Waals surface area contributed by atoms with Gasteiger partial charge in [-0.1, -0.05) is 36.4 Å². The van der Waals surface area contributed by atoms with Gasteiger partial charge in [-0.15, -0.1) is 0 Å². The van der Waals surface area contributed by atoms with Gasteiger partial charge in [-0.2, -0.15) is 0 Å². The van der Waals surface area contributed by atoms with E-state index in [0.29, 0.717) is 18.1 Å². The van der Waals surface area contributed by atoms with E-state index in [9.17, 15) is 4.79 Å². The number of hydrogen-bond donors (Lipinski definition) is 1. The average molecular weight is 466 g/mol. The fraction of sp³-hybridized carbons (Fsp3) is 0.160. The zero-order valence-electron chi connectivity index (χ0n) is 17.2. The Kier molecular flexibility index (Phi) is 7.31. The molecule has 0 aliphatic rings. The molecule has 0 saturated carbocycles. The molecule has 5 heteroatoms. The topological polar surface area (TPSA) is 47.6 Å². The van der Waals surface area contributed by atoms with Crippen LogP contribution in [-0.4, -0.2) is 13.0 Å². The second kappa shape index (κ2) is 10.1. The SMILES string of the molecule is COc1cc(/C=C/C(=O)Nc2ccc(C)c(C)c2)cc(Br)c1OCc1ccccc1. The Morgan fingerprint density at radius 2 is 1.80 bits per heavy atom. The summed E-state index contributed by atoms with van der Waals surface area (Å²) in [6.07, 6.45) is 3.24. The normalized spacial score (nSPS) is 10.8. The van der Waals surface area contributed by atoms with Crippen molar-refractivity contribution in [3.05, 3.63) is 93.5 Å². The summed E-state index contributed by atoms with van der Waals surface area (Å²) in [5.74, 6) is 1.02. The molecule has 0 bridgehead atoms. The number of methoxy groups -OCH3 is 1. The third-order valence-corrected chi connectivity index (χ3v) is 5.27. The third-order valence-electron chi connectivity index (χ3n) is 4.68. The van der Waals surface area contributed by atoms with Crippen LogP contribution in [0.4, 0.5) is 5.69 Å². The monoisotopic (exact) mass is 465 g/mol. The summed E-state index contributed by atoms with van der Waals surface area (Å²) in [5.41, 5.74) is 4.99. The van der Waals surface area contributed by atoms with E-state index in [1.165, 1.54) is 11.6 Å². The number of nitrogens with one attached hydrogen (secondary N) is 1. The molecular weight excluding hydrogens is 442 g/mol. The Labute approximate surface area is 185 Å². The molecule has 0 spiro atoms. The van der Waals surface area contributed by atoms with E-state index in [1.807, 2.05) is 74.5 Å². The highest BCUT2D eigenvalue weighted by Crippen LogP contribution is 2.37. The molecule has 0 aliphatic heterocycles. The zero-order valence-corrected chi connectivity index (χ0v) is 18.8. The van der Waals surface area contributed by atoms with Gasteiger partial charge in [-0.05, 0) is 82.4 Å². The first-order chi connectivity index (χ1) is 14.5. The van der Waals surface area contributed by atoms with E-state index in [2.05, 4.69) is 21.2 Å². The van der Waals surface area contributed by atoms with Crippen LogP contribution in [-0.2, 0) is 11.4 Å². The summed E-state index contributed by atoms with van der Waals surface area (Å²) in [7, 11) is 1.59. The van der Waals surface area contributed by atoms with Gasteiger partial charge in [0.05, 0.1) is 11.6 Å². The summed E-state index contributed by atoms with van der Waals surface area (Å²) >= 11 is 3.55. The molecule has 0 fully saturated rings. The van der Waals surface area contributed by atoms with Crippen molar-refractivity contribution in [3.8, 4) is 11.5 Å². The number of anilines is 1. The smallest absolute Gasteiger partial charge is 0.248 e. The fourth-order valence-electron chi connectivity index (χ4n) is 2.88. The lowest BCUT2D eigenvalue weighted by Crippen LogP contribution is -2.08. The lowest BCUT2D eigenvalue weighted by molar-refractivity contribution is -0.111. The molecule has 0 aliphatic carbocycles. The van der Waals surface area contributed by atoms with Crippen molar-refractivity contribution in [1.82, 2.24) is 0 Å². The molecule has 3 aromatic rings. The standard InChI is InChI=1S/C25H24BrNO3/c1-17-9-11-21(13-18(17)2)27-24(28)12-10-20-14-22(26)25(23(15-20)29-3)30-16-19-7-5-4-6-8-19/h4-15H,16H2,1-3H3,(H,27,28)/b12-10+. The quantitative estimate of drug-likeness (QED) is 0.416. The molecule has 0 atom stereocenters. The highest BCUT2D eigenvalue weighted by Gasteiger charge is 2.11. The van der Waals surface area contributed by atoms with Gasteiger partial charge in [0.2, 0.25) is 5.91 Å². The fourth-order valence-corrected chi connectivity index (χ4v) is 3.46. The van der Waals surface area contributed by atoms with Gasteiger partial charge in [0.15, 0.2) is 11.5 Å². The summed E-state index contributed by atoms with van der Waals surface area (Å²) in [6.45, 7) is 4.49. The Balaban J connectivity index is 1.70. The van der Waals surface area contributed by atoms with Gasteiger partial charge in [0, 0.05) is 11.8 Å². The van der Waals surface area contributed by atoms with E-state index < -0.39 is 0 Å². The maximum absolute atomic E-state index is 12.3. The number of hydrogen-bond acceptors (Lipinski definition) is 3. The van der Waals surface area contributed by atoms with Crippen molar-refractivity contribution in [3.63, 3.8) is 0 Å². The molecule has 1 N–H and O–H groups in total. The first kappa shape index (κ1) is 21.7. The Bertz CT molecular complexity index is 1060. The van der Waals surface area contributed by atoms with Gasteiger partial charge in [0.25, 0.3) is 0 Å². The molecule has 0 heterocycles. The summed E-state index contributed by atoms with van der Waals surface area (Å²) in [6, 6.07) is 19.5. The molecule has 3 aromatic carbocycles. The van der Waals surface area contributed by atoms with Crippen LogP contribution in [0.25, 0.3) is 6.08 Å². The lowest BCUT2D eigenvalue weighted by Gasteiger charge is -2.13. The predicted molar refractivity (Wildman–Crippen MR) is 125 cm³/mol. The molecule has 154 valence electrons. The maximum Gasteiger partial charge on any atom is 0.248 e. The van der Waals surface area contributed by atoms with Crippen molar-refractivity contribution >= 4 is 33.6 Å². The maximum atomic E-state index is 12.3. The zero-order chi connectivity index (χ0) is 21.5. The Morgan fingerprint density at radius 1 is 1.03 bits per heavy atom. The highest BCUT2D eigenvalue weighted by atomic mass is 79.9. The van der Waals surface area contributed by atoms with E-state index in [4.69, 9.17) is 9.47 Å². The van der Waals surface area contributed by atoms with Crippen molar-refractivity contribution in [2.24, 2.45) is 0 Å². The summed E-state index contributed by atoms with van der Waals surface area (Å²) in [4.78, 5) is 12.3. The summed E-state index contributed by atoms with van der Waals surface area (Å²) < 4.78 is 12.2.